The lowest BCUT2D eigenvalue weighted by atomic mass is 9.89. The van der Waals surface area contributed by atoms with Crippen molar-refractivity contribution in [1.29, 1.82) is 0 Å². The smallest absolute Gasteiger partial charge is 0.227 e. The van der Waals surface area contributed by atoms with Gasteiger partial charge in [0, 0.05) is 37.2 Å². The van der Waals surface area contributed by atoms with Crippen LogP contribution in [-0.2, 0) is 29.1 Å². The van der Waals surface area contributed by atoms with Gasteiger partial charge in [-0.25, -0.2) is 0 Å². The largest absolute Gasteiger partial charge is 0.352 e. The number of carbonyl (C=O) groups excluding carboxylic acids is 2. The number of rotatable bonds is 7. The Morgan fingerprint density at radius 2 is 1.87 bits per heavy atom. The number of anilines is 1. The molecule has 2 N–H and O–H groups in total. The summed E-state index contributed by atoms with van der Waals surface area (Å²) in [6.07, 6.45) is 5.56. The molecule has 0 aliphatic carbocycles. The van der Waals surface area contributed by atoms with Crippen LogP contribution < -0.4 is 10.6 Å². The van der Waals surface area contributed by atoms with Crippen LogP contribution in [0.4, 0.5) is 5.69 Å². The molecule has 0 saturated carbocycles. The van der Waals surface area contributed by atoms with E-state index in [4.69, 9.17) is 0 Å². The fourth-order valence-corrected chi connectivity index (χ4v) is 4.63. The van der Waals surface area contributed by atoms with E-state index in [2.05, 4.69) is 46.7 Å². The number of nitrogens with one attached hydrogen (secondary N) is 2. The Labute approximate surface area is 185 Å². The van der Waals surface area contributed by atoms with Crippen LogP contribution in [0.5, 0.6) is 0 Å². The average Bonchev–Trinajstić information content (AvgIpc) is 2.78. The fraction of sp³-hybridized carbons (Fsp3) is 0.462. The summed E-state index contributed by atoms with van der Waals surface area (Å²) in [5, 5.41) is 5.95. The first kappa shape index (κ1) is 21.6. The molecule has 164 valence electrons. The molecule has 0 bridgehead atoms. The molecule has 2 aromatic carbocycles. The highest BCUT2D eigenvalue weighted by Crippen LogP contribution is 2.27. The van der Waals surface area contributed by atoms with Crippen molar-refractivity contribution < 1.29 is 9.59 Å². The van der Waals surface area contributed by atoms with E-state index >= 15 is 0 Å². The predicted molar refractivity (Wildman–Crippen MR) is 124 cm³/mol. The van der Waals surface area contributed by atoms with E-state index < -0.39 is 0 Å². The molecule has 0 aromatic heterocycles. The molecule has 1 saturated heterocycles. The van der Waals surface area contributed by atoms with E-state index in [-0.39, 0.29) is 17.7 Å². The lowest BCUT2D eigenvalue weighted by Crippen LogP contribution is -2.36. The minimum Gasteiger partial charge on any atom is -0.352 e. The van der Waals surface area contributed by atoms with Crippen LogP contribution in [0.25, 0.3) is 0 Å². The van der Waals surface area contributed by atoms with Crippen LogP contribution in [0.2, 0.25) is 0 Å². The summed E-state index contributed by atoms with van der Waals surface area (Å²) in [5.41, 5.74) is 4.47. The molecular formula is C26H33N3O2. The van der Waals surface area contributed by atoms with Gasteiger partial charge in [-0.3, -0.25) is 14.5 Å². The molecule has 2 unspecified atom stereocenters. The van der Waals surface area contributed by atoms with Gasteiger partial charge in [0.15, 0.2) is 0 Å². The summed E-state index contributed by atoms with van der Waals surface area (Å²) in [7, 11) is 0. The standard InChI is InChI=1S/C26H33N3O2/c1-19-6-4-5-15-29(19)18-21-11-9-20(10-12-21)17-27-25(30)14-13-23-16-22-7-2-3-8-24(22)28-26(23)31/h2-3,7-12,19,23H,4-6,13-18H2,1H3,(H,27,30)(H,28,31). The molecule has 5 nitrogen and oxygen atoms in total. The van der Waals surface area contributed by atoms with Gasteiger partial charge >= 0.3 is 0 Å². The number of likely N-dealkylation sites (tertiary alicyclic amines) is 1. The number of hydrogen-bond acceptors (Lipinski definition) is 3. The molecule has 31 heavy (non-hydrogen) atoms. The molecule has 2 amide bonds. The van der Waals surface area contributed by atoms with Crippen LogP contribution in [0.15, 0.2) is 48.5 Å². The maximum Gasteiger partial charge on any atom is 0.227 e. The van der Waals surface area contributed by atoms with Gasteiger partial charge in [0.05, 0.1) is 0 Å². The predicted octanol–water partition coefficient (Wildman–Crippen LogP) is 4.27. The van der Waals surface area contributed by atoms with Gasteiger partial charge in [-0.1, -0.05) is 48.9 Å². The first-order valence-corrected chi connectivity index (χ1v) is 11.6. The lowest BCUT2D eigenvalue weighted by molar-refractivity contribution is -0.122. The van der Waals surface area contributed by atoms with Gasteiger partial charge in [-0.05, 0) is 61.9 Å². The fourth-order valence-electron chi connectivity index (χ4n) is 4.63. The molecular weight excluding hydrogens is 386 g/mol. The quantitative estimate of drug-likeness (QED) is 0.705. The van der Waals surface area contributed by atoms with Crippen LogP contribution in [-0.4, -0.2) is 29.3 Å². The second-order valence-corrected chi connectivity index (χ2v) is 8.99. The van der Waals surface area contributed by atoms with Crippen molar-refractivity contribution in [1.82, 2.24) is 10.2 Å². The molecule has 4 rings (SSSR count). The molecule has 0 radical (unpaired) electrons. The zero-order valence-corrected chi connectivity index (χ0v) is 18.4. The van der Waals surface area contributed by atoms with E-state index in [1.807, 2.05) is 24.3 Å². The first-order valence-electron chi connectivity index (χ1n) is 11.6. The summed E-state index contributed by atoms with van der Waals surface area (Å²) >= 11 is 0. The Morgan fingerprint density at radius 1 is 1.10 bits per heavy atom. The van der Waals surface area contributed by atoms with E-state index in [1.165, 1.54) is 31.4 Å². The molecule has 2 heterocycles. The number of nitrogens with zero attached hydrogens (tertiary/aromatic N) is 1. The summed E-state index contributed by atoms with van der Waals surface area (Å²) in [6, 6.07) is 17.1. The second-order valence-electron chi connectivity index (χ2n) is 8.99. The molecule has 2 aromatic rings. The van der Waals surface area contributed by atoms with Crippen molar-refractivity contribution in [2.75, 3.05) is 11.9 Å². The summed E-state index contributed by atoms with van der Waals surface area (Å²) < 4.78 is 0. The Kier molecular flexibility index (Phi) is 7.03. The second kappa shape index (κ2) is 10.1. The highest BCUT2D eigenvalue weighted by Gasteiger charge is 2.26. The highest BCUT2D eigenvalue weighted by molar-refractivity contribution is 5.96. The molecule has 2 aliphatic heterocycles. The van der Waals surface area contributed by atoms with Crippen molar-refractivity contribution in [3.63, 3.8) is 0 Å². The third kappa shape index (κ3) is 5.73. The molecule has 0 spiro atoms. The first-order chi connectivity index (χ1) is 15.1. The number of hydrogen-bond donors (Lipinski definition) is 2. The van der Waals surface area contributed by atoms with Crippen molar-refractivity contribution in [2.45, 2.75) is 64.6 Å². The maximum absolute atomic E-state index is 12.3. The summed E-state index contributed by atoms with van der Waals surface area (Å²) in [6.45, 7) is 5.03. The van der Waals surface area contributed by atoms with E-state index in [0.717, 1.165) is 23.4 Å². The minimum atomic E-state index is -0.142. The molecule has 5 heteroatoms. The lowest BCUT2D eigenvalue weighted by Gasteiger charge is -2.33. The number of piperidine rings is 1. The Balaban J connectivity index is 1.20. The Morgan fingerprint density at radius 3 is 2.68 bits per heavy atom. The number of para-hydroxylation sites is 1. The maximum atomic E-state index is 12.3. The van der Waals surface area contributed by atoms with Gasteiger partial charge in [-0.2, -0.15) is 0 Å². The van der Waals surface area contributed by atoms with Crippen LogP contribution in [0.1, 0.15) is 55.7 Å². The Bertz CT molecular complexity index is 909. The van der Waals surface area contributed by atoms with Crippen molar-refractivity contribution in [2.24, 2.45) is 5.92 Å². The normalized spacial score (nSPS) is 21.3. The highest BCUT2D eigenvalue weighted by atomic mass is 16.2. The topological polar surface area (TPSA) is 61.4 Å². The van der Waals surface area contributed by atoms with E-state index in [0.29, 0.717) is 31.8 Å². The van der Waals surface area contributed by atoms with Gasteiger partial charge in [0.2, 0.25) is 11.8 Å². The third-order valence-corrected chi connectivity index (χ3v) is 6.67. The summed E-state index contributed by atoms with van der Waals surface area (Å²) in [4.78, 5) is 27.2. The van der Waals surface area contributed by atoms with Gasteiger partial charge in [0.1, 0.15) is 0 Å². The molecule has 2 aliphatic rings. The minimum absolute atomic E-state index is 0.00197. The monoisotopic (exact) mass is 419 g/mol. The molecule has 1 fully saturated rings. The van der Waals surface area contributed by atoms with Crippen molar-refractivity contribution >= 4 is 17.5 Å². The number of carbonyl (C=O) groups is 2. The van der Waals surface area contributed by atoms with E-state index in [1.54, 1.807) is 0 Å². The van der Waals surface area contributed by atoms with Gasteiger partial charge in [-0.15, -0.1) is 0 Å². The summed E-state index contributed by atoms with van der Waals surface area (Å²) in [5.74, 6) is -0.125. The third-order valence-electron chi connectivity index (χ3n) is 6.67. The van der Waals surface area contributed by atoms with Crippen LogP contribution in [0.3, 0.4) is 0 Å². The van der Waals surface area contributed by atoms with Gasteiger partial charge < -0.3 is 10.6 Å². The van der Waals surface area contributed by atoms with E-state index in [9.17, 15) is 9.59 Å². The number of benzene rings is 2. The number of fused-ring (bicyclic) bond motifs is 1. The van der Waals surface area contributed by atoms with Crippen molar-refractivity contribution in [3.05, 3.63) is 65.2 Å². The SMILES string of the molecule is CC1CCCCN1Cc1ccc(CNC(=O)CCC2Cc3ccccc3NC2=O)cc1. The van der Waals surface area contributed by atoms with Crippen molar-refractivity contribution in [3.8, 4) is 0 Å². The number of amides is 2. The van der Waals surface area contributed by atoms with Crippen LogP contribution >= 0.6 is 0 Å². The van der Waals surface area contributed by atoms with Crippen LogP contribution in [0, 0.1) is 5.92 Å². The molecule has 2 atom stereocenters. The Hall–Kier alpha value is -2.66. The zero-order chi connectivity index (χ0) is 21.6. The zero-order valence-electron chi connectivity index (χ0n) is 18.4. The van der Waals surface area contributed by atoms with Gasteiger partial charge in [0.25, 0.3) is 0 Å². The average molecular weight is 420 g/mol.